The molecule has 0 aliphatic carbocycles. The minimum absolute atomic E-state index is 0.0637. The van der Waals surface area contributed by atoms with E-state index in [-0.39, 0.29) is 11.3 Å². The maximum Gasteiger partial charge on any atom is 0.344 e. The van der Waals surface area contributed by atoms with Gasteiger partial charge in [0, 0.05) is 6.20 Å². The van der Waals surface area contributed by atoms with Crippen molar-refractivity contribution in [3.63, 3.8) is 0 Å². The fourth-order valence-corrected chi connectivity index (χ4v) is 1.47. The van der Waals surface area contributed by atoms with E-state index in [1.165, 1.54) is 0 Å². The molecule has 4 heteroatoms. The van der Waals surface area contributed by atoms with Gasteiger partial charge in [-0.25, -0.2) is 4.79 Å². The number of ether oxygens (including phenoxy) is 1. The predicted octanol–water partition coefficient (Wildman–Crippen LogP) is 1.69. The molecular weight excluding hydrogens is 194 g/mol. The summed E-state index contributed by atoms with van der Waals surface area (Å²) in [5.41, 5.74) is -0.365. The van der Waals surface area contributed by atoms with Gasteiger partial charge in [-0.1, -0.05) is 6.07 Å². The van der Waals surface area contributed by atoms with Crippen molar-refractivity contribution in [1.82, 2.24) is 4.98 Å². The average Bonchev–Trinajstić information content (AvgIpc) is 2.38. The van der Waals surface area contributed by atoms with E-state index in [0.717, 1.165) is 0 Å². The molecule has 1 aromatic heterocycles. The fourth-order valence-electron chi connectivity index (χ4n) is 1.47. The van der Waals surface area contributed by atoms with Gasteiger partial charge in [0.25, 0.3) is 0 Å². The van der Waals surface area contributed by atoms with Gasteiger partial charge in [0.15, 0.2) is 11.4 Å². The summed E-state index contributed by atoms with van der Waals surface area (Å²) in [6.07, 6.45) is 1.56. The molecule has 15 heavy (non-hydrogen) atoms. The standard InChI is InChI=1S/C11H11NO3/c1-11(2)9(13)8(10(14)15-11)7-5-3-4-6-12-7/h3-6,13H,1-2H3. The monoisotopic (exact) mass is 205 g/mol. The first-order valence-corrected chi connectivity index (χ1v) is 4.61. The second kappa shape index (κ2) is 3.08. The number of aliphatic hydroxyl groups excluding tert-OH is 1. The lowest BCUT2D eigenvalue weighted by Crippen LogP contribution is -2.22. The van der Waals surface area contributed by atoms with Gasteiger partial charge in [-0.3, -0.25) is 4.98 Å². The Morgan fingerprint density at radius 3 is 2.60 bits per heavy atom. The molecule has 0 radical (unpaired) electrons. The Balaban J connectivity index is 2.54. The van der Waals surface area contributed by atoms with E-state index in [0.29, 0.717) is 5.69 Å². The van der Waals surface area contributed by atoms with Crippen LogP contribution in [0.25, 0.3) is 5.57 Å². The van der Waals surface area contributed by atoms with Crippen LogP contribution in [0.2, 0.25) is 0 Å². The van der Waals surface area contributed by atoms with E-state index < -0.39 is 11.6 Å². The van der Waals surface area contributed by atoms with E-state index in [1.54, 1.807) is 38.2 Å². The van der Waals surface area contributed by atoms with Crippen molar-refractivity contribution >= 4 is 11.5 Å². The molecule has 2 rings (SSSR count). The van der Waals surface area contributed by atoms with Crippen LogP contribution in [0.4, 0.5) is 0 Å². The fraction of sp³-hybridized carbons (Fsp3) is 0.273. The second-order valence-electron chi connectivity index (χ2n) is 3.84. The van der Waals surface area contributed by atoms with Crippen molar-refractivity contribution in [2.45, 2.75) is 19.4 Å². The molecule has 0 atom stereocenters. The number of pyridine rings is 1. The van der Waals surface area contributed by atoms with Crippen molar-refractivity contribution in [1.29, 1.82) is 0 Å². The number of carbonyl (C=O) groups is 1. The zero-order valence-electron chi connectivity index (χ0n) is 8.52. The third-order valence-electron chi connectivity index (χ3n) is 2.28. The molecule has 0 saturated carbocycles. The average molecular weight is 205 g/mol. The Morgan fingerprint density at radius 2 is 2.13 bits per heavy atom. The number of carbonyl (C=O) groups excluding carboxylic acids is 1. The number of hydrogen-bond donors (Lipinski definition) is 1. The SMILES string of the molecule is CC1(C)OC(=O)C(c2ccccn2)=C1O. The lowest BCUT2D eigenvalue weighted by Gasteiger charge is -2.16. The highest BCUT2D eigenvalue weighted by Gasteiger charge is 2.41. The summed E-state index contributed by atoms with van der Waals surface area (Å²) in [5.74, 6) is -0.595. The molecule has 4 nitrogen and oxygen atoms in total. The number of hydrogen-bond acceptors (Lipinski definition) is 4. The molecule has 0 bridgehead atoms. The first-order valence-electron chi connectivity index (χ1n) is 4.61. The Bertz CT molecular complexity index is 434. The summed E-state index contributed by atoms with van der Waals surface area (Å²) in [5, 5.41) is 9.83. The van der Waals surface area contributed by atoms with Gasteiger partial charge in [-0.15, -0.1) is 0 Å². The smallest absolute Gasteiger partial charge is 0.344 e. The van der Waals surface area contributed by atoms with Crippen LogP contribution in [-0.4, -0.2) is 21.7 Å². The first kappa shape index (κ1) is 9.71. The molecule has 0 spiro atoms. The van der Waals surface area contributed by atoms with Crippen LogP contribution < -0.4 is 0 Å². The molecule has 0 saturated heterocycles. The molecule has 1 aliphatic heterocycles. The molecule has 0 fully saturated rings. The molecular formula is C11H11NO3. The van der Waals surface area contributed by atoms with E-state index in [4.69, 9.17) is 4.74 Å². The minimum Gasteiger partial charge on any atom is -0.507 e. The third kappa shape index (κ3) is 1.48. The number of rotatable bonds is 1. The lowest BCUT2D eigenvalue weighted by atomic mass is 10.0. The summed E-state index contributed by atoms with van der Waals surface area (Å²) in [4.78, 5) is 15.5. The Hall–Kier alpha value is -1.84. The van der Waals surface area contributed by atoms with Gasteiger partial charge in [0.1, 0.15) is 5.57 Å². The van der Waals surface area contributed by atoms with Gasteiger partial charge in [-0.2, -0.15) is 0 Å². The summed E-state index contributed by atoms with van der Waals surface area (Å²) < 4.78 is 5.02. The van der Waals surface area contributed by atoms with Crippen molar-refractivity contribution in [3.8, 4) is 0 Å². The van der Waals surface area contributed by atoms with E-state index >= 15 is 0 Å². The summed E-state index contributed by atoms with van der Waals surface area (Å²) in [6.45, 7) is 3.27. The van der Waals surface area contributed by atoms with Crippen LogP contribution in [0.3, 0.4) is 0 Å². The van der Waals surface area contributed by atoms with Crippen LogP contribution in [0.5, 0.6) is 0 Å². The zero-order chi connectivity index (χ0) is 11.1. The molecule has 0 unspecified atom stereocenters. The highest BCUT2D eigenvalue weighted by Crippen LogP contribution is 2.34. The Morgan fingerprint density at radius 1 is 1.40 bits per heavy atom. The maximum absolute atomic E-state index is 11.5. The molecule has 1 N–H and O–H groups in total. The Kier molecular flexibility index (Phi) is 2.00. The molecule has 0 amide bonds. The lowest BCUT2D eigenvalue weighted by molar-refractivity contribution is -0.143. The summed E-state index contributed by atoms with van der Waals surface area (Å²) in [7, 11) is 0. The number of aromatic nitrogens is 1. The number of aliphatic hydroxyl groups is 1. The normalized spacial score (nSPS) is 19.2. The summed E-state index contributed by atoms with van der Waals surface area (Å²) >= 11 is 0. The van der Waals surface area contributed by atoms with E-state index in [9.17, 15) is 9.90 Å². The highest BCUT2D eigenvalue weighted by atomic mass is 16.6. The van der Waals surface area contributed by atoms with Gasteiger partial charge in [0.05, 0.1) is 5.69 Å². The first-order chi connectivity index (χ1) is 7.02. The van der Waals surface area contributed by atoms with Crippen LogP contribution in [0.1, 0.15) is 19.5 Å². The van der Waals surface area contributed by atoms with Crippen LogP contribution in [-0.2, 0) is 9.53 Å². The number of esters is 1. The van der Waals surface area contributed by atoms with E-state index in [1.807, 2.05) is 0 Å². The largest absolute Gasteiger partial charge is 0.507 e. The summed E-state index contributed by atoms with van der Waals surface area (Å²) in [6, 6.07) is 5.15. The van der Waals surface area contributed by atoms with Crippen LogP contribution in [0.15, 0.2) is 30.2 Å². The second-order valence-corrected chi connectivity index (χ2v) is 3.84. The van der Waals surface area contributed by atoms with Crippen LogP contribution >= 0.6 is 0 Å². The van der Waals surface area contributed by atoms with Crippen LogP contribution in [0, 0.1) is 0 Å². The van der Waals surface area contributed by atoms with Gasteiger partial charge in [-0.05, 0) is 26.0 Å². The van der Waals surface area contributed by atoms with Crippen molar-refractivity contribution < 1.29 is 14.6 Å². The molecule has 78 valence electrons. The van der Waals surface area contributed by atoms with Gasteiger partial charge >= 0.3 is 5.97 Å². The molecule has 0 aromatic carbocycles. The predicted molar refractivity (Wildman–Crippen MR) is 54.0 cm³/mol. The zero-order valence-corrected chi connectivity index (χ0v) is 8.52. The van der Waals surface area contributed by atoms with E-state index in [2.05, 4.69) is 4.98 Å². The van der Waals surface area contributed by atoms with Gasteiger partial charge in [0.2, 0.25) is 0 Å². The maximum atomic E-state index is 11.5. The molecule has 2 heterocycles. The van der Waals surface area contributed by atoms with Crippen molar-refractivity contribution in [3.05, 3.63) is 35.8 Å². The Labute approximate surface area is 87.2 Å². The molecule has 1 aromatic rings. The van der Waals surface area contributed by atoms with Gasteiger partial charge < -0.3 is 9.84 Å². The highest BCUT2D eigenvalue weighted by molar-refractivity contribution is 6.18. The molecule has 1 aliphatic rings. The number of nitrogens with zero attached hydrogens (tertiary/aromatic N) is 1. The number of cyclic esters (lactones) is 1. The van der Waals surface area contributed by atoms with Crippen molar-refractivity contribution in [2.24, 2.45) is 0 Å². The quantitative estimate of drug-likeness (QED) is 0.709. The third-order valence-corrected chi connectivity index (χ3v) is 2.28. The topological polar surface area (TPSA) is 59.4 Å². The minimum atomic E-state index is -0.954. The van der Waals surface area contributed by atoms with Crippen molar-refractivity contribution in [2.75, 3.05) is 0 Å².